The number of rotatable bonds is 4. The summed E-state index contributed by atoms with van der Waals surface area (Å²) in [5.41, 5.74) is 2.23. The van der Waals surface area contributed by atoms with Crippen LogP contribution in [0.1, 0.15) is 25.0 Å². The van der Waals surface area contributed by atoms with Crippen LogP contribution >= 0.6 is 0 Å². The summed E-state index contributed by atoms with van der Waals surface area (Å²) in [7, 11) is 1.80. The summed E-state index contributed by atoms with van der Waals surface area (Å²) in [5, 5.41) is 0. The Morgan fingerprint density at radius 1 is 1.44 bits per heavy atom. The van der Waals surface area contributed by atoms with E-state index in [1.165, 1.54) is 0 Å². The third-order valence-corrected chi connectivity index (χ3v) is 2.50. The lowest BCUT2D eigenvalue weighted by molar-refractivity contribution is -0.128. The van der Waals surface area contributed by atoms with Crippen molar-refractivity contribution in [2.75, 3.05) is 13.7 Å². The van der Waals surface area contributed by atoms with Gasteiger partial charge in [-0.25, -0.2) is 0 Å². The fourth-order valence-corrected chi connectivity index (χ4v) is 1.51. The molecular formula is C13H19NO2. The molecule has 0 fully saturated rings. The van der Waals surface area contributed by atoms with Gasteiger partial charge in [0.25, 0.3) is 0 Å². The molecule has 0 atom stereocenters. The van der Waals surface area contributed by atoms with E-state index in [1.807, 2.05) is 26.0 Å². The van der Waals surface area contributed by atoms with E-state index in [2.05, 4.69) is 6.07 Å². The summed E-state index contributed by atoms with van der Waals surface area (Å²) >= 11 is 0. The van der Waals surface area contributed by atoms with Gasteiger partial charge in [-0.15, -0.1) is 0 Å². The highest BCUT2D eigenvalue weighted by molar-refractivity contribution is 5.72. The maximum Gasteiger partial charge on any atom is 0.219 e. The van der Waals surface area contributed by atoms with Crippen LogP contribution in [0.15, 0.2) is 18.2 Å². The van der Waals surface area contributed by atoms with Gasteiger partial charge < -0.3 is 9.64 Å². The Morgan fingerprint density at radius 3 is 2.62 bits per heavy atom. The fraction of sp³-hybridized carbons (Fsp3) is 0.462. The quantitative estimate of drug-likeness (QED) is 0.781. The van der Waals surface area contributed by atoms with Crippen LogP contribution in [0.4, 0.5) is 0 Å². The zero-order valence-electron chi connectivity index (χ0n) is 10.4. The summed E-state index contributed by atoms with van der Waals surface area (Å²) in [4.78, 5) is 12.8. The minimum Gasteiger partial charge on any atom is -0.494 e. The number of carbonyl (C=O) groups excluding carboxylic acids is 1. The molecule has 88 valence electrons. The molecule has 0 radical (unpaired) electrons. The molecule has 16 heavy (non-hydrogen) atoms. The second-order valence-electron chi connectivity index (χ2n) is 3.91. The van der Waals surface area contributed by atoms with E-state index >= 15 is 0 Å². The average molecular weight is 221 g/mol. The molecule has 0 saturated carbocycles. The van der Waals surface area contributed by atoms with Crippen molar-refractivity contribution in [3.05, 3.63) is 29.3 Å². The molecule has 0 spiro atoms. The predicted octanol–water partition coefficient (Wildman–Crippen LogP) is 2.37. The molecule has 1 aromatic carbocycles. The Labute approximate surface area is 97.0 Å². The minimum absolute atomic E-state index is 0.0755. The first-order valence-corrected chi connectivity index (χ1v) is 5.48. The summed E-state index contributed by atoms with van der Waals surface area (Å²) in [5.74, 6) is 0.989. The molecule has 1 amide bonds. The van der Waals surface area contributed by atoms with Crippen molar-refractivity contribution in [1.82, 2.24) is 4.90 Å². The average Bonchev–Trinajstić information content (AvgIpc) is 2.22. The van der Waals surface area contributed by atoms with E-state index in [1.54, 1.807) is 18.9 Å². The van der Waals surface area contributed by atoms with Gasteiger partial charge in [0, 0.05) is 20.5 Å². The molecule has 0 bridgehead atoms. The molecule has 3 nitrogen and oxygen atoms in total. The fourth-order valence-electron chi connectivity index (χ4n) is 1.51. The topological polar surface area (TPSA) is 29.5 Å². The Hall–Kier alpha value is -1.51. The van der Waals surface area contributed by atoms with E-state index in [4.69, 9.17) is 4.74 Å². The van der Waals surface area contributed by atoms with Crippen molar-refractivity contribution < 1.29 is 9.53 Å². The van der Waals surface area contributed by atoms with Gasteiger partial charge in [0.2, 0.25) is 5.91 Å². The number of benzene rings is 1. The molecule has 0 aliphatic heterocycles. The van der Waals surface area contributed by atoms with Gasteiger partial charge in [-0.3, -0.25) is 4.79 Å². The molecule has 0 saturated heterocycles. The summed E-state index contributed by atoms with van der Waals surface area (Å²) in [6, 6.07) is 6.02. The summed E-state index contributed by atoms with van der Waals surface area (Å²) < 4.78 is 5.46. The normalized spacial score (nSPS) is 10.0. The van der Waals surface area contributed by atoms with E-state index in [0.29, 0.717) is 13.2 Å². The molecule has 0 aliphatic rings. The molecule has 0 unspecified atom stereocenters. The second kappa shape index (κ2) is 5.54. The van der Waals surface area contributed by atoms with E-state index < -0.39 is 0 Å². The van der Waals surface area contributed by atoms with Crippen LogP contribution in [0.25, 0.3) is 0 Å². The Bertz CT molecular complexity index is 374. The lowest BCUT2D eigenvalue weighted by Gasteiger charge is -2.16. The zero-order valence-corrected chi connectivity index (χ0v) is 10.4. The van der Waals surface area contributed by atoms with Crippen molar-refractivity contribution in [2.45, 2.75) is 27.3 Å². The monoisotopic (exact) mass is 221 g/mol. The maximum absolute atomic E-state index is 11.1. The number of nitrogens with zero attached hydrogens (tertiary/aromatic N) is 1. The van der Waals surface area contributed by atoms with Gasteiger partial charge in [0.1, 0.15) is 5.75 Å². The van der Waals surface area contributed by atoms with Crippen LogP contribution in [0.2, 0.25) is 0 Å². The van der Waals surface area contributed by atoms with Gasteiger partial charge in [0.05, 0.1) is 6.61 Å². The van der Waals surface area contributed by atoms with Crippen LogP contribution in [0, 0.1) is 6.92 Å². The van der Waals surface area contributed by atoms with E-state index in [-0.39, 0.29) is 5.91 Å². The Morgan fingerprint density at radius 2 is 2.12 bits per heavy atom. The van der Waals surface area contributed by atoms with Crippen LogP contribution in [0.3, 0.4) is 0 Å². The summed E-state index contributed by atoms with van der Waals surface area (Å²) in [6.07, 6.45) is 0. The third-order valence-electron chi connectivity index (χ3n) is 2.50. The first-order chi connectivity index (χ1) is 7.54. The lowest BCUT2D eigenvalue weighted by Crippen LogP contribution is -2.23. The number of ether oxygens (including phenoxy) is 1. The first kappa shape index (κ1) is 12.6. The van der Waals surface area contributed by atoms with Crippen LogP contribution < -0.4 is 4.74 Å². The van der Waals surface area contributed by atoms with Crippen LogP contribution in [0.5, 0.6) is 5.75 Å². The number of hydrogen-bond acceptors (Lipinski definition) is 2. The highest BCUT2D eigenvalue weighted by Gasteiger charge is 2.05. The third kappa shape index (κ3) is 3.26. The predicted molar refractivity (Wildman–Crippen MR) is 64.5 cm³/mol. The Balaban J connectivity index is 2.77. The lowest BCUT2D eigenvalue weighted by atomic mass is 10.1. The van der Waals surface area contributed by atoms with Crippen molar-refractivity contribution in [1.29, 1.82) is 0 Å². The number of carbonyl (C=O) groups is 1. The molecule has 0 aromatic heterocycles. The number of aryl methyl sites for hydroxylation is 1. The standard InChI is InChI=1S/C13H19NO2/c1-5-16-13-7-6-12(8-10(13)2)9-14(4)11(3)15/h6-8H,5,9H2,1-4H3. The largest absolute Gasteiger partial charge is 0.494 e. The van der Waals surface area contributed by atoms with Gasteiger partial charge in [-0.05, 0) is 31.0 Å². The van der Waals surface area contributed by atoms with Gasteiger partial charge >= 0.3 is 0 Å². The second-order valence-corrected chi connectivity index (χ2v) is 3.91. The van der Waals surface area contributed by atoms with Crippen molar-refractivity contribution >= 4 is 5.91 Å². The van der Waals surface area contributed by atoms with Gasteiger partial charge in [-0.2, -0.15) is 0 Å². The molecule has 0 heterocycles. The maximum atomic E-state index is 11.1. The molecule has 1 rings (SSSR count). The molecule has 3 heteroatoms. The number of amides is 1. The van der Waals surface area contributed by atoms with Gasteiger partial charge in [-0.1, -0.05) is 12.1 Å². The Kier molecular flexibility index (Phi) is 4.35. The first-order valence-electron chi connectivity index (χ1n) is 5.48. The van der Waals surface area contributed by atoms with Crippen molar-refractivity contribution in [3.63, 3.8) is 0 Å². The summed E-state index contributed by atoms with van der Waals surface area (Å²) in [6.45, 7) is 6.87. The van der Waals surface area contributed by atoms with Gasteiger partial charge in [0.15, 0.2) is 0 Å². The van der Waals surface area contributed by atoms with Crippen LogP contribution in [-0.4, -0.2) is 24.5 Å². The molecule has 1 aromatic rings. The van der Waals surface area contributed by atoms with Crippen LogP contribution in [-0.2, 0) is 11.3 Å². The van der Waals surface area contributed by atoms with Crippen molar-refractivity contribution in [3.8, 4) is 5.75 Å². The van der Waals surface area contributed by atoms with E-state index in [9.17, 15) is 4.79 Å². The minimum atomic E-state index is 0.0755. The zero-order chi connectivity index (χ0) is 12.1. The highest BCUT2D eigenvalue weighted by atomic mass is 16.5. The highest BCUT2D eigenvalue weighted by Crippen LogP contribution is 2.19. The smallest absolute Gasteiger partial charge is 0.219 e. The molecule has 0 N–H and O–H groups in total. The molecule has 0 aliphatic carbocycles. The number of hydrogen-bond donors (Lipinski definition) is 0. The molecular weight excluding hydrogens is 202 g/mol. The SMILES string of the molecule is CCOc1ccc(CN(C)C(C)=O)cc1C. The van der Waals surface area contributed by atoms with Crippen molar-refractivity contribution in [2.24, 2.45) is 0 Å². The van der Waals surface area contributed by atoms with E-state index in [0.717, 1.165) is 16.9 Å².